The molecule has 1 N–H and O–H groups in total. The quantitative estimate of drug-likeness (QED) is 0.652. The first-order chi connectivity index (χ1) is 12.8. The summed E-state index contributed by atoms with van der Waals surface area (Å²) in [6, 6.07) is 17.4. The van der Waals surface area contributed by atoms with Crippen molar-refractivity contribution in [1.82, 2.24) is 0 Å². The molecule has 26 heavy (non-hydrogen) atoms. The molecule has 0 aliphatic heterocycles. The fourth-order valence-electron chi connectivity index (χ4n) is 3.37. The molecule has 2 aromatic carbocycles. The Labute approximate surface area is 156 Å². The van der Waals surface area contributed by atoms with Crippen LogP contribution in [0.15, 0.2) is 60.7 Å². The van der Waals surface area contributed by atoms with Crippen LogP contribution in [-0.2, 0) is 4.79 Å². The zero-order chi connectivity index (χ0) is 18.0. The van der Waals surface area contributed by atoms with Crippen LogP contribution >= 0.6 is 0 Å². The number of benzene rings is 2. The number of hydrogen-bond acceptors (Lipinski definition) is 2. The lowest BCUT2D eigenvalue weighted by molar-refractivity contribution is -0.111. The molecule has 2 aromatic rings. The minimum atomic E-state index is -0.139. The molecule has 3 nitrogen and oxygen atoms in total. The zero-order valence-electron chi connectivity index (χ0n) is 15.2. The van der Waals surface area contributed by atoms with E-state index in [2.05, 4.69) is 5.32 Å². The van der Waals surface area contributed by atoms with Gasteiger partial charge in [0.25, 0.3) is 0 Å². The Bertz CT molecular complexity index is 701. The Morgan fingerprint density at radius 1 is 1.00 bits per heavy atom. The van der Waals surface area contributed by atoms with Gasteiger partial charge in [-0.3, -0.25) is 4.79 Å². The number of amides is 1. The van der Waals surface area contributed by atoms with Gasteiger partial charge >= 0.3 is 0 Å². The van der Waals surface area contributed by atoms with E-state index in [1.165, 1.54) is 32.1 Å². The van der Waals surface area contributed by atoms with Crippen molar-refractivity contribution < 1.29 is 9.53 Å². The van der Waals surface area contributed by atoms with Gasteiger partial charge in [-0.1, -0.05) is 62.4 Å². The van der Waals surface area contributed by atoms with Crippen LogP contribution in [0, 0.1) is 5.92 Å². The molecule has 0 spiro atoms. The Kier molecular flexibility index (Phi) is 6.88. The molecule has 0 saturated heterocycles. The summed E-state index contributed by atoms with van der Waals surface area (Å²) in [6.45, 7) is 0.774. The normalized spacial score (nSPS) is 15.1. The average Bonchev–Trinajstić information content (AvgIpc) is 2.69. The van der Waals surface area contributed by atoms with E-state index in [1.54, 1.807) is 12.2 Å². The van der Waals surface area contributed by atoms with Crippen molar-refractivity contribution in [2.45, 2.75) is 38.5 Å². The van der Waals surface area contributed by atoms with Crippen LogP contribution in [0.25, 0.3) is 6.08 Å². The van der Waals surface area contributed by atoms with Gasteiger partial charge in [0.15, 0.2) is 0 Å². The third-order valence-corrected chi connectivity index (χ3v) is 4.87. The predicted molar refractivity (Wildman–Crippen MR) is 107 cm³/mol. The minimum Gasteiger partial charge on any atom is -0.494 e. The van der Waals surface area contributed by atoms with Gasteiger partial charge in [0.05, 0.1) is 6.61 Å². The molecule has 0 aromatic heterocycles. The van der Waals surface area contributed by atoms with Crippen LogP contribution in [0.5, 0.6) is 5.75 Å². The highest BCUT2D eigenvalue weighted by atomic mass is 16.5. The maximum absolute atomic E-state index is 12.0. The average molecular weight is 349 g/mol. The van der Waals surface area contributed by atoms with Gasteiger partial charge in [-0.15, -0.1) is 0 Å². The van der Waals surface area contributed by atoms with E-state index < -0.39 is 0 Å². The lowest BCUT2D eigenvalue weighted by Crippen LogP contribution is -2.11. The highest BCUT2D eigenvalue weighted by Gasteiger charge is 2.13. The molecule has 0 atom stereocenters. The number of carbonyl (C=O) groups is 1. The van der Waals surface area contributed by atoms with Crippen LogP contribution in [0.4, 0.5) is 5.69 Å². The largest absolute Gasteiger partial charge is 0.494 e. The summed E-state index contributed by atoms with van der Waals surface area (Å²) in [5.74, 6) is 1.55. The van der Waals surface area contributed by atoms with Crippen molar-refractivity contribution in [1.29, 1.82) is 0 Å². The first-order valence-corrected chi connectivity index (χ1v) is 9.56. The van der Waals surface area contributed by atoms with Crippen molar-refractivity contribution in [2.75, 3.05) is 11.9 Å². The molecule has 1 amide bonds. The third-order valence-electron chi connectivity index (χ3n) is 4.87. The second-order valence-corrected chi connectivity index (χ2v) is 6.90. The Hall–Kier alpha value is -2.55. The molecular weight excluding hydrogens is 322 g/mol. The zero-order valence-corrected chi connectivity index (χ0v) is 15.2. The fourth-order valence-corrected chi connectivity index (χ4v) is 3.37. The Morgan fingerprint density at radius 2 is 1.73 bits per heavy atom. The number of carbonyl (C=O) groups excluding carboxylic acids is 1. The summed E-state index contributed by atoms with van der Waals surface area (Å²) in [6.07, 6.45) is 11.3. The first-order valence-electron chi connectivity index (χ1n) is 9.56. The van der Waals surface area contributed by atoms with Crippen LogP contribution in [0.1, 0.15) is 44.1 Å². The van der Waals surface area contributed by atoms with Gasteiger partial charge in [-0.05, 0) is 48.2 Å². The highest BCUT2D eigenvalue weighted by molar-refractivity contribution is 6.01. The summed E-state index contributed by atoms with van der Waals surface area (Å²) in [5.41, 5.74) is 1.77. The molecule has 0 heterocycles. The number of ether oxygens (including phenoxy) is 1. The SMILES string of the molecule is O=C(/C=C/c1ccccc1)Nc1ccc(OCCC2CCCCC2)cc1. The number of hydrogen-bond donors (Lipinski definition) is 1. The first kappa shape index (κ1) is 18.2. The predicted octanol–water partition coefficient (Wildman–Crippen LogP) is 5.69. The van der Waals surface area contributed by atoms with Gasteiger partial charge in [0.1, 0.15) is 5.75 Å². The summed E-state index contributed by atoms with van der Waals surface area (Å²) in [4.78, 5) is 12.0. The lowest BCUT2D eigenvalue weighted by Gasteiger charge is -2.21. The van der Waals surface area contributed by atoms with E-state index >= 15 is 0 Å². The van der Waals surface area contributed by atoms with Gasteiger partial charge in [-0.2, -0.15) is 0 Å². The molecule has 136 valence electrons. The van der Waals surface area contributed by atoms with E-state index in [9.17, 15) is 4.79 Å². The maximum atomic E-state index is 12.0. The number of anilines is 1. The molecule has 0 unspecified atom stereocenters. The molecular formula is C23H27NO2. The number of nitrogens with one attached hydrogen (secondary N) is 1. The van der Waals surface area contributed by atoms with Crippen molar-refractivity contribution in [3.05, 3.63) is 66.2 Å². The maximum Gasteiger partial charge on any atom is 0.248 e. The van der Waals surface area contributed by atoms with Crippen molar-refractivity contribution in [3.63, 3.8) is 0 Å². The van der Waals surface area contributed by atoms with Gasteiger partial charge < -0.3 is 10.1 Å². The van der Waals surface area contributed by atoms with E-state index in [0.717, 1.165) is 35.9 Å². The second-order valence-electron chi connectivity index (χ2n) is 6.90. The topological polar surface area (TPSA) is 38.3 Å². The standard InChI is InChI=1S/C23H27NO2/c25-23(16-11-19-7-3-1-4-8-19)24-21-12-14-22(15-13-21)26-18-17-20-9-5-2-6-10-20/h1,3-4,7-8,11-16,20H,2,5-6,9-10,17-18H2,(H,24,25)/b16-11+. The third kappa shape index (κ3) is 6.07. The molecule has 1 aliphatic rings. The fraction of sp³-hybridized carbons (Fsp3) is 0.348. The summed E-state index contributed by atoms with van der Waals surface area (Å²) >= 11 is 0. The van der Waals surface area contributed by atoms with Crippen molar-refractivity contribution in [3.8, 4) is 5.75 Å². The molecule has 1 fully saturated rings. The van der Waals surface area contributed by atoms with Crippen LogP contribution < -0.4 is 10.1 Å². The lowest BCUT2D eigenvalue weighted by atomic mass is 9.87. The summed E-state index contributed by atoms with van der Waals surface area (Å²) < 4.78 is 5.85. The van der Waals surface area contributed by atoms with E-state index in [1.807, 2.05) is 54.6 Å². The van der Waals surface area contributed by atoms with Crippen LogP contribution in [0.2, 0.25) is 0 Å². The van der Waals surface area contributed by atoms with Crippen molar-refractivity contribution >= 4 is 17.7 Å². The van der Waals surface area contributed by atoms with Crippen molar-refractivity contribution in [2.24, 2.45) is 5.92 Å². The molecule has 1 saturated carbocycles. The second kappa shape index (κ2) is 9.81. The highest BCUT2D eigenvalue weighted by Crippen LogP contribution is 2.26. The van der Waals surface area contributed by atoms with Crippen LogP contribution in [-0.4, -0.2) is 12.5 Å². The summed E-state index contributed by atoms with van der Waals surface area (Å²) in [5, 5.41) is 2.87. The monoisotopic (exact) mass is 349 g/mol. The Balaban J connectivity index is 1.42. The molecule has 0 radical (unpaired) electrons. The van der Waals surface area contributed by atoms with Crippen LogP contribution in [0.3, 0.4) is 0 Å². The number of rotatable bonds is 7. The van der Waals surface area contributed by atoms with Gasteiger partial charge in [0, 0.05) is 11.8 Å². The van der Waals surface area contributed by atoms with E-state index in [-0.39, 0.29) is 5.91 Å². The van der Waals surface area contributed by atoms with E-state index in [4.69, 9.17) is 4.74 Å². The molecule has 1 aliphatic carbocycles. The smallest absolute Gasteiger partial charge is 0.248 e. The van der Waals surface area contributed by atoms with Gasteiger partial charge in [-0.25, -0.2) is 0 Å². The minimum absolute atomic E-state index is 0.139. The van der Waals surface area contributed by atoms with Gasteiger partial charge in [0.2, 0.25) is 5.91 Å². The molecule has 3 rings (SSSR count). The van der Waals surface area contributed by atoms with E-state index in [0.29, 0.717) is 0 Å². The Morgan fingerprint density at radius 3 is 2.46 bits per heavy atom. The molecule has 0 bridgehead atoms. The summed E-state index contributed by atoms with van der Waals surface area (Å²) in [7, 11) is 0. The molecule has 3 heteroatoms.